The molecule has 3 aromatic carbocycles. The molecule has 8 bridgehead atoms. The molecule has 0 radical (unpaired) electrons. The SMILES string of the molecule is Cl.O=S(=O)([O-])c1cc2[n-]c1c(-c1c(F)c(F)c(F)c(F)c1F)c1[nH]c(c(-c3c(F)c(F)c(F)c(F)c3F)c3nc(c(-c4c(F)c(F)c(F)c(F)c4F)c4cc(S(=O)(=O)[O-])c2[n-]4)C=C3)CC1.[Sn+4]. The van der Waals surface area contributed by atoms with Gasteiger partial charge < -0.3 is 24.1 Å². The predicted octanol–water partition coefficient (Wildman–Crippen LogP) is 8.40. The van der Waals surface area contributed by atoms with Crippen molar-refractivity contribution in [1.82, 2.24) is 19.9 Å². The van der Waals surface area contributed by atoms with Gasteiger partial charge in [-0.2, -0.15) is 0 Å². The van der Waals surface area contributed by atoms with E-state index in [1.807, 2.05) is 0 Å². The average molecular weight is 1110 g/mol. The number of aromatic amines is 1. The molecule has 0 aliphatic carbocycles. The van der Waals surface area contributed by atoms with Crippen molar-refractivity contribution in [3.63, 3.8) is 0 Å². The Hall–Kier alpha value is -5.49. The van der Waals surface area contributed by atoms with Gasteiger partial charge in [-0.05, 0) is 36.1 Å². The third-order valence-corrected chi connectivity index (χ3v) is 11.5. The van der Waals surface area contributed by atoms with E-state index in [9.17, 15) is 65.5 Å². The van der Waals surface area contributed by atoms with Gasteiger partial charge in [-0.1, -0.05) is 12.1 Å². The molecule has 2 aliphatic heterocycles. The number of rotatable bonds is 5. The summed E-state index contributed by atoms with van der Waals surface area (Å²) in [5.74, 6) is -40.8. The number of benzene rings is 3. The van der Waals surface area contributed by atoms with Gasteiger partial charge in [0.05, 0.1) is 28.1 Å². The fourth-order valence-electron chi connectivity index (χ4n) is 7.07. The van der Waals surface area contributed by atoms with Crippen molar-refractivity contribution in [3.8, 4) is 33.4 Å². The molecular weight excluding hydrogens is 1100 g/mol. The van der Waals surface area contributed by atoms with Gasteiger partial charge in [-0.25, -0.2) is 87.7 Å². The van der Waals surface area contributed by atoms with E-state index >= 15 is 26.3 Å². The van der Waals surface area contributed by atoms with Crippen molar-refractivity contribution in [1.29, 1.82) is 0 Å². The molecule has 0 spiro atoms. The van der Waals surface area contributed by atoms with E-state index in [2.05, 4.69) is 19.9 Å². The Kier molecular flexibility index (Phi) is 12.9. The minimum Gasteiger partial charge on any atom is -0.744 e. The smallest absolute Gasteiger partial charge is 0.744 e. The molecule has 6 aromatic rings. The van der Waals surface area contributed by atoms with Crippen LogP contribution in [0, 0.1) is 87.3 Å². The Morgan fingerprint density at radius 1 is 0.439 bits per heavy atom. The number of aryl methyl sites for hydroxylation is 2. The van der Waals surface area contributed by atoms with E-state index in [4.69, 9.17) is 0 Å². The first-order valence-corrected chi connectivity index (χ1v) is 19.7. The number of nitrogens with zero attached hydrogens (tertiary/aromatic N) is 3. The number of hydrogen-bond donors (Lipinski definition) is 1. The van der Waals surface area contributed by atoms with Gasteiger partial charge in [0, 0.05) is 26.7 Å². The van der Waals surface area contributed by atoms with Crippen molar-refractivity contribution >= 4 is 90.8 Å². The summed E-state index contributed by atoms with van der Waals surface area (Å²) in [5, 5.41) is 0. The molecule has 342 valence electrons. The summed E-state index contributed by atoms with van der Waals surface area (Å²) in [6.45, 7) is 0. The number of halogens is 16. The van der Waals surface area contributed by atoms with Crippen molar-refractivity contribution < 1.29 is 91.8 Å². The Labute approximate surface area is 379 Å². The van der Waals surface area contributed by atoms with Gasteiger partial charge in [-0.15, -0.1) is 34.5 Å². The Morgan fingerprint density at radius 3 is 1.15 bits per heavy atom. The van der Waals surface area contributed by atoms with Crippen molar-refractivity contribution in [2.75, 3.05) is 0 Å². The first-order chi connectivity index (χ1) is 29.8. The zero-order chi connectivity index (χ0) is 47.0. The normalized spacial score (nSPS) is 12.7. The first-order valence-electron chi connectivity index (χ1n) is 16.9. The second-order valence-corrected chi connectivity index (χ2v) is 16.1. The van der Waals surface area contributed by atoms with E-state index in [0.29, 0.717) is 12.2 Å². The molecule has 3 aromatic heterocycles. The van der Waals surface area contributed by atoms with Gasteiger partial charge in [-0.3, -0.25) is 0 Å². The zero-order valence-corrected chi connectivity index (χ0v) is 36.2. The van der Waals surface area contributed by atoms with Crippen LogP contribution < -0.4 is 9.97 Å². The van der Waals surface area contributed by atoms with Gasteiger partial charge in [0.15, 0.2) is 69.8 Å². The van der Waals surface area contributed by atoms with Crippen LogP contribution in [0.4, 0.5) is 65.9 Å². The quantitative estimate of drug-likeness (QED) is 0.0585. The topological polar surface area (TPSA) is 171 Å². The molecule has 0 atom stereocenters. The van der Waals surface area contributed by atoms with Crippen LogP contribution in [0.15, 0.2) is 21.9 Å². The van der Waals surface area contributed by atoms with E-state index < -0.39 is 208 Å². The molecule has 8 rings (SSSR count). The van der Waals surface area contributed by atoms with Crippen LogP contribution in [-0.2, 0) is 33.1 Å². The summed E-state index contributed by atoms with van der Waals surface area (Å²) in [6, 6.07) is 0.0724. The van der Waals surface area contributed by atoms with Crippen LogP contribution in [0.1, 0.15) is 22.8 Å². The number of fused-ring (bicyclic) bond motifs is 9. The van der Waals surface area contributed by atoms with Crippen LogP contribution >= 0.6 is 12.4 Å². The number of aromatic nitrogens is 4. The zero-order valence-electron chi connectivity index (χ0n) is 30.9. The van der Waals surface area contributed by atoms with Crippen LogP contribution in [0.5, 0.6) is 0 Å². The molecule has 0 fully saturated rings. The van der Waals surface area contributed by atoms with Crippen LogP contribution in [0.2, 0.25) is 0 Å². The van der Waals surface area contributed by atoms with Gasteiger partial charge in [0.25, 0.3) is 0 Å². The fourth-order valence-corrected chi connectivity index (χ4v) is 8.36. The van der Waals surface area contributed by atoms with Gasteiger partial charge >= 0.3 is 23.9 Å². The summed E-state index contributed by atoms with van der Waals surface area (Å²) < 4.78 is 303. The van der Waals surface area contributed by atoms with Crippen LogP contribution in [0.25, 0.3) is 67.6 Å². The summed E-state index contributed by atoms with van der Waals surface area (Å²) in [5.41, 5.74) is -20.5. The molecule has 1 N–H and O–H groups in total. The summed E-state index contributed by atoms with van der Waals surface area (Å²) in [4.78, 5) is 9.76. The second-order valence-electron chi connectivity index (χ2n) is 13.4. The molecule has 0 unspecified atom stereocenters. The third kappa shape index (κ3) is 7.51. The van der Waals surface area contributed by atoms with Crippen LogP contribution in [-0.4, -0.2) is 59.8 Å². The average Bonchev–Trinajstić information content (AvgIpc) is 4.07. The summed E-state index contributed by atoms with van der Waals surface area (Å²) >= 11 is 0. The van der Waals surface area contributed by atoms with E-state index in [0.717, 1.165) is 0 Å². The minimum atomic E-state index is -6.20. The number of nitrogens with one attached hydrogen (secondary N) is 1. The largest absolute Gasteiger partial charge is 4.00 e. The maximum absolute atomic E-state index is 15.8. The Morgan fingerprint density at radius 2 is 0.742 bits per heavy atom. The molecule has 2 aliphatic rings. The first kappa shape index (κ1) is 49.9. The van der Waals surface area contributed by atoms with Gasteiger partial charge in [0.1, 0.15) is 20.2 Å². The second kappa shape index (κ2) is 17.0. The molecule has 0 saturated carbocycles. The van der Waals surface area contributed by atoms with Crippen molar-refractivity contribution in [2.45, 2.75) is 22.6 Å². The maximum atomic E-state index is 15.8. The number of hydrogen-bond acceptors (Lipinski definition) is 7. The predicted molar refractivity (Wildman–Crippen MR) is 196 cm³/mol. The Bertz CT molecular complexity index is 3510. The van der Waals surface area contributed by atoms with E-state index in [1.165, 1.54) is 0 Å². The van der Waals surface area contributed by atoms with Crippen molar-refractivity contribution in [3.05, 3.63) is 122 Å². The Balaban J connectivity index is 0.00000360. The molecule has 0 amide bonds. The maximum Gasteiger partial charge on any atom is 4.00 e. The molecular formula is C37H10ClF15N4O6S2Sn. The number of H-pyrrole nitrogens is 1. The molecule has 10 nitrogen and oxygen atoms in total. The fraction of sp³-hybridized carbons (Fsp3) is 0.0541. The summed E-state index contributed by atoms with van der Waals surface area (Å²) in [7, 11) is -12.3. The van der Waals surface area contributed by atoms with Crippen LogP contribution in [0.3, 0.4) is 0 Å². The van der Waals surface area contributed by atoms with Crippen molar-refractivity contribution in [2.24, 2.45) is 0 Å². The monoisotopic (exact) mass is 1110 g/mol. The van der Waals surface area contributed by atoms with E-state index in [1.54, 1.807) is 0 Å². The third-order valence-electron chi connectivity index (χ3n) is 9.80. The molecule has 66 heavy (non-hydrogen) atoms. The van der Waals surface area contributed by atoms with E-state index in [-0.39, 0.29) is 48.4 Å². The summed E-state index contributed by atoms with van der Waals surface area (Å²) in [6.07, 6.45) is -0.827. The molecule has 29 heteroatoms. The molecule has 5 heterocycles. The minimum absolute atomic E-state index is 0. The standard InChI is InChI=1S/C37H11F15N4O6S2.ClH.Sn/c38-21-18(22(39)28(45)33(50)27(21)44)15-7-1-2-9(53-7)16(19-23(40)29(46)34(51)30(47)24(19)41)11-5-13(63(57,58)59)36(55-11)12-6-14(64(60,61)62)37(56-12)17(10-4-3-8(15)54-10)20-25(42)31(48)35(52)32(49)26(20)43;;/h1-2,5-6,54H,3-4H2,(H,57,58,59)(H,60,61,62);1H;/q-2;;+4/p-2. The van der Waals surface area contributed by atoms with Gasteiger partial charge in [0.2, 0.25) is 17.5 Å². The molecule has 0 saturated heterocycles.